The van der Waals surface area contributed by atoms with Crippen LogP contribution in [0.3, 0.4) is 0 Å². The summed E-state index contributed by atoms with van der Waals surface area (Å²) in [5, 5.41) is 2.97. The summed E-state index contributed by atoms with van der Waals surface area (Å²) >= 11 is 0. The summed E-state index contributed by atoms with van der Waals surface area (Å²) in [7, 11) is 1.62. The molecule has 7 nitrogen and oxygen atoms in total. The van der Waals surface area contributed by atoms with E-state index in [4.69, 9.17) is 14.7 Å². The molecule has 1 N–H and O–H groups in total. The van der Waals surface area contributed by atoms with E-state index in [1.54, 1.807) is 11.8 Å². The Labute approximate surface area is 182 Å². The van der Waals surface area contributed by atoms with Gasteiger partial charge in [-0.25, -0.2) is 9.79 Å². The number of hydrogen-bond donors (Lipinski definition) is 1. The zero-order valence-corrected chi connectivity index (χ0v) is 18.2. The minimum absolute atomic E-state index is 0.258. The summed E-state index contributed by atoms with van der Waals surface area (Å²) in [5.74, 6) is 1.66. The molecule has 4 rings (SSSR count). The molecule has 3 aromatic rings. The number of methoxy groups -OCH3 is 1. The lowest BCUT2D eigenvalue weighted by atomic mass is 10.1. The Kier molecular flexibility index (Phi) is 6.50. The highest BCUT2D eigenvalue weighted by molar-refractivity contribution is 5.90. The molecule has 31 heavy (non-hydrogen) atoms. The molecule has 0 atom stereocenters. The molecule has 0 unspecified atom stereocenters. The van der Waals surface area contributed by atoms with E-state index in [0.29, 0.717) is 17.9 Å². The lowest BCUT2D eigenvalue weighted by Crippen LogP contribution is -2.35. The molecule has 0 fully saturated rings. The van der Waals surface area contributed by atoms with Crippen LogP contribution >= 0.6 is 0 Å². The smallest absolute Gasteiger partial charge is 0.348 e. The molecule has 1 aliphatic heterocycles. The fourth-order valence-electron chi connectivity index (χ4n) is 3.84. The van der Waals surface area contributed by atoms with Gasteiger partial charge in [0.15, 0.2) is 0 Å². The number of carbonyl (C=O) groups is 1. The van der Waals surface area contributed by atoms with E-state index in [0.717, 1.165) is 55.8 Å². The second-order valence-electron chi connectivity index (χ2n) is 7.72. The van der Waals surface area contributed by atoms with E-state index in [-0.39, 0.29) is 6.03 Å². The van der Waals surface area contributed by atoms with E-state index >= 15 is 0 Å². The number of carbonyl (C=O) groups excluding carboxylic acids is 1. The highest BCUT2D eigenvalue weighted by atomic mass is 16.5. The van der Waals surface area contributed by atoms with Crippen LogP contribution in [0.5, 0.6) is 5.75 Å². The molecule has 0 saturated carbocycles. The van der Waals surface area contributed by atoms with Crippen molar-refractivity contribution in [1.82, 2.24) is 14.3 Å². The number of nitrogens with one attached hydrogen (secondary N) is 1. The highest BCUT2D eigenvalue weighted by Gasteiger charge is 2.19. The molecular formula is C24H29N5O2. The monoisotopic (exact) mass is 419 g/mol. The first-order chi connectivity index (χ1) is 15.2. The van der Waals surface area contributed by atoms with Gasteiger partial charge in [-0.15, -0.1) is 0 Å². The number of benzene rings is 2. The third-order valence-electron chi connectivity index (χ3n) is 5.56. The van der Waals surface area contributed by atoms with Crippen molar-refractivity contribution >= 4 is 11.7 Å². The standard InChI is InChI=1S/C24H29N5O2/c1-3-18-8-7-9-19(16-18)17-25-23-27-22-10-5-4-6-15-28(22)29(23)24(30)26-20-11-13-21(31-2)14-12-20/h7-9,11-14,16H,3-6,10,15,17H2,1-2H3,(H,26,30). The van der Waals surface area contributed by atoms with Crippen LogP contribution in [0.15, 0.2) is 53.5 Å². The molecule has 1 amide bonds. The lowest BCUT2D eigenvalue weighted by Gasteiger charge is -2.12. The quantitative estimate of drug-likeness (QED) is 0.675. The second kappa shape index (κ2) is 9.64. The number of aromatic nitrogens is 3. The Hall–Kier alpha value is -3.35. The maximum atomic E-state index is 13.2. The fourth-order valence-corrected chi connectivity index (χ4v) is 3.84. The molecule has 0 aliphatic carbocycles. The zero-order chi connectivity index (χ0) is 21.6. The van der Waals surface area contributed by atoms with Crippen LogP contribution in [-0.4, -0.2) is 27.5 Å². The van der Waals surface area contributed by atoms with Gasteiger partial charge in [-0.3, -0.25) is 4.68 Å². The molecule has 0 bridgehead atoms. The largest absolute Gasteiger partial charge is 0.497 e. The highest BCUT2D eigenvalue weighted by Crippen LogP contribution is 2.16. The Bertz CT molecular complexity index is 1110. The van der Waals surface area contributed by atoms with Gasteiger partial charge in [0.25, 0.3) is 5.62 Å². The average molecular weight is 420 g/mol. The van der Waals surface area contributed by atoms with E-state index in [1.807, 2.05) is 28.9 Å². The number of aryl methyl sites for hydroxylation is 2. The second-order valence-corrected chi connectivity index (χ2v) is 7.72. The van der Waals surface area contributed by atoms with Gasteiger partial charge in [-0.2, -0.15) is 9.67 Å². The zero-order valence-electron chi connectivity index (χ0n) is 18.2. The van der Waals surface area contributed by atoms with Crippen LogP contribution in [0.2, 0.25) is 0 Å². The van der Waals surface area contributed by atoms with Crippen molar-refractivity contribution in [3.8, 4) is 5.75 Å². The van der Waals surface area contributed by atoms with Gasteiger partial charge in [-0.1, -0.05) is 37.6 Å². The minimum Gasteiger partial charge on any atom is -0.497 e. The van der Waals surface area contributed by atoms with Gasteiger partial charge < -0.3 is 10.1 Å². The summed E-state index contributed by atoms with van der Waals surface area (Å²) in [4.78, 5) is 22.7. The van der Waals surface area contributed by atoms with Crippen LogP contribution < -0.4 is 15.7 Å². The number of amides is 1. The normalized spacial score (nSPS) is 14.1. The van der Waals surface area contributed by atoms with Crippen LogP contribution in [-0.2, 0) is 25.9 Å². The molecule has 0 spiro atoms. The maximum Gasteiger partial charge on any atom is 0.348 e. The molecule has 1 aromatic heterocycles. The molecule has 7 heteroatoms. The number of hydrogen-bond acceptors (Lipinski definition) is 4. The Morgan fingerprint density at radius 2 is 1.94 bits per heavy atom. The van der Waals surface area contributed by atoms with Crippen molar-refractivity contribution in [1.29, 1.82) is 0 Å². The molecule has 162 valence electrons. The van der Waals surface area contributed by atoms with Crippen LogP contribution in [0, 0.1) is 0 Å². The number of ether oxygens (including phenoxy) is 1. The van der Waals surface area contributed by atoms with Crippen molar-refractivity contribution in [2.45, 2.75) is 52.1 Å². The van der Waals surface area contributed by atoms with Gasteiger partial charge in [0, 0.05) is 18.7 Å². The van der Waals surface area contributed by atoms with E-state index in [1.165, 1.54) is 5.56 Å². The Balaban J connectivity index is 1.67. The summed E-state index contributed by atoms with van der Waals surface area (Å²) in [6, 6.07) is 15.4. The predicted octanol–water partition coefficient (Wildman–Crippen LogP) is 4.16. The van der Waals surface area contributed by atoms with Crippen LogP contribution in [0.1, 0.15) is 43.1 Å². The summed E-state index contributed by atoms with van der Waals surface area (Å²) in [6.07, 6.45) is 5.08. The summed E-state index contributed by atoms with van der Waals surface area (Å²) in [5.41, 5.74) is 3.54. The van der Waals surface area contributed by atoms with Crippen molar-refractivity contribution in [2.75, 3.05) is 12.4 Å². The maximum absolute atomic E-state index is 13.2. The number of nitrogens with zero attached hydrogens (tertiary/aromatic N) is 4. The summed E-state index contributed by atoms with van der Waals surface area (Å²) < 4.78 is 8.77. The predicted molar refractivity (Wildman–Crippen MR) is 120 cm³/mol. The third kappa shape index (κ3) is 4.87. The van der Waals surface area contributed by atoms with E-state index < -0.39 is 0 Å². The minimum atomic E-state index is -0.258. The topological polar surface area (TPSA) is 73.4 Å². The van der Waals surface area contributed by atoms with E-state index in [2.05, 4.69) is 36.5 Å². The summed E-state index contributed by atoms with van der Waals surface area (Å²) in [6.45, 7) is 3.39. The lowest BCUT2D eigenvalue weighted by molar-refractivity contribution is 0.245. The van der Waals surface area contributed by atoms with Crippen molar-refractivity contribution in [2.24, 2.45) is 4.99 Å². The molecule has 0 radical (unpaired) electrons. The van der Waals surface area contributed by atoms with Gasteiger partial charge in [0.05, 0.1) is 13.7 Å². The molecule has 0 saturated heterocycles. The SMILES string of the molecule is CCc1cccc(CN=c2nc3n(n2C(=O)Nc2ccc(OC)cc2)CCCCC3)c1. The van der Waals surface area contributed by atoms with Crippen molar-refractivity contribution in [3.05, 3.63) is 71.1 Å². The number of anilines is 1. The van der Waals surface area contributed by atoms with Crippen molar-refractivity contribution < 1.29 is 9.53 Å². The first-order valence-electron chi connectivity index (χ1n) is 10.9. The molecule has 2 heterocycles. The Morgan fingerprint density at radius 1 is 1.13 bits per heavy atom. The van der Waals surface area contributed by atoms with E-state index in [9.17, 15) is 4.79 Å². The molecule has 2 aromatic carbocycles. The van der Waals surface area contributed by atoms with Gasteiger partial charge >= 0.3 is 6.03 Å². The fraction of sp³-hybridized carbons (Fsp3) is 0.375. The van der Waals surface area contributed by atoms with Gasteiger partial charge in [-0.05, 0) is 54.7 Å². The Morgan fingerprint density at radius 3 is 2.71 bits per heavy atom. The van der Waals surface area contributed by atoms with Crippen LogP contribution in [0.4, 0.5) is 10.5 Å². The first kappa shape index (κ1) is 20.9. The van der Waals surface area contributed by atoms with Gasteiger partial charge in [0.2, 0.25) is 0 Å². The third-order valence-corrected chi connectivity index (χ3v) is 5.56. The molecular weight excluding hydrogens is 390 g/mol. The van der Waals surface area contributed by atoms with Crippen LogP contribution in [0.25, 0.3) is 0 Å². The van der Waals surface area contributed by atoms with Crippen molar-refractivity contribution in [3.63, 3.8) is 0 Å². The first-order valence-corrected chi connectivity index (χ1v) is 10.9. The number of rotatable bonds is 5. The molecule has 1 aliphatic rings. The number of fused-ring (bicyclic) bond motifs is 1. The average Bonchev–Trinajstić information content (AvgIpc) is 2.99. The van der Waals surface area contributed by atoms with Gasteiger partial charge in [0.1, 0.15) is 11.6 Å².